The van der Waals surface area contributed by atoms with Gasteiger partial charge in [-0.1, -0.05) is 20.8 Å². The van der Waals surface area contributed by atoms with E-state index in [1.807, 2.05) is 0 Å². The molecule has 0 aliphatic heterocycles. The lowest BCUT2D eigenvalue weighted by Gasteiger charge is -2.53. The van der Waals surface area contributed by atoms with Crippen LogP contribution in [0.25, 0.3) is 0 Å². The molecule has 0 bridgehead atoms. The lowest BCUT2D eigenvalue weighted by Crippen LogP contribution is -2.60. The van der Waals surface area contributed by atoms with E-state index in [0.717, 1.165) is 6.42 Å². The van der Waals surface area contributed by atoms with Gasteiger partial charge >= 0.3 is 0 Å². The molecule has 1 saturated carbocycles. The van der Waals surface area contributed by atoms with Crippen molar-refractivity contribution in [2.75, 3.05) is 0 Å². The van der Waals surface area contributed by atoms with Gasteiger partial charge < -0.3 is 5.73 Å². The molecule has 3 atom stereocenters. The maximum Gasteiger partial charge on any atom is 0.0116 e. The first-order valence-corrected chi connectivity index (χ1v) is 4.45. The Morgan fingerprint density at radius 2 is 2.10 bits per heavy atom. The quantitative estimate of drug-likeness (QED) is 0.559. The molecule has 0 heterocycles. The molecular formula is C8H17NS. The molecule has 1 nitrogen and oxygen atoms in total. The van der Waals surface area contributed by atoms with E-state index in [0.29, 0.717) is 17.2 Å². The van der Waals surface area contributed by atoms with Crippen LogP contribution in [0.2, 0.25) is 0 Å². The molecule has 0 aromatic carbocycles. The summed E-state index contributed by atoms with van der Waals surface area (Å²) in [7, 11) is 0. The summed E-state index contributed by atoms with van der Waals surface area (Å²) in [6, 6.07) is 0.370. The van der Waals surface area contributed by atoms with E-state index in [9.17, 15) is 0 Å². The van der Waals surface area contributed by atoms with E-state index in [1.165, 1.54) is 0 Å². The van der Waals surface area contributed by atoms with Crippen LogP contribution in [0.1, 0.15) is 27.2 Å². The van der Waals surface area contributed by atoms with Gasteiger partial charge in [0.05, 0.1) is 0 Å². The van der Waals surface area contributed by atoms with Gasteiger partial charge in [0.25, 0.3) is 0 Å². The summed E-state index contributed by atoms with van der Waals surface area (Å²) in [5.74, 6) is 0.652. The third kappa shape index (κ3) is 0.892. The summed E-state index contributed by atoms with van der Waals surface area (Å²) in [5.41, 5.74) is 6.18. The molecule has 0 aromatic heterocycles. The monoisotopic (exact) mass is 159 g/mol. The van der Waals surface area contributed by atoms with Gasteiger partial charge in [-0.15, -0.1) is 0 Å². The van der Waals surface area contributed by atoms with E-state index >= 15 is 0 Å². The zero-order valence-corrected chi connectivity index (χ0v) is 7.86. The fraction of sp³-hybridized carbons (Fsp3) is 1.00. The van der Waals surface area contributed by atoms with Crippen molar-refractivity contribution in [2.45, 2.75) is 38.5 Å². The number of rotatable bonds is 1. The zero-order chi connectivity index (χ0) is 7.94. The Labute approximate surface area is 68.8 Å². The first kappa shape index (κ1) is 8.41. The normalized spacial score (nSPS) is 47.4. The van der Waals surface area contributed by atoms with Crippen LogP contribution in [-0.4, -0.2) is 11.3 Å². The predicted molar refractivity (Wildman–Crippen MR) is 48.3 cm³/mol. The highest BCUT2D eigenvalue weighted by molar-refractivity contribution is 7.81. The smallest absolute Gasteiger partial charge is 0.0116 e. The Balaban J connectivity index is 2.66. The Morgan fingerprint density at radius 3 is 2.20 bits per heavy atom. The standard InChI is InChI=1S/C8H17NS/c1-5(2)8(3)6(9)4-7(8)10/h5-7,10H,4,9H2,1-3H3. The fourth-order valence-electron chi connectivity index (χ4n) is 1.65. The molecule has 2 heteroatoms. The first-order valence-electron chi connectivity index (χ1n) is 3.93. The lowest BCUT2D eigenvalue weighted by molar-refractivity contribution is 0.0710. The Morgan fingerprint density at radius 1 is 1.60 bits per heavy atom. The molecule has 0 saturated heterocycles. The van der Waals surface area contributed by atoms with Gasteiger partial charge in [0, 0.05) is 11.3 Å². The Bertz CT molecular complexity index is 116. The van der Waals surface area contributed by atoms with Gasteiger partial charge in [0.15, 0.2) is 0 Å². The fourth-order valence-corrected chi connectivity index (χ4v) is 2.36. The molecule has 0 radical (unpaired) electrons. The second-order valence-corrected chi connectivity index (χ2v) is 4.50. The van der Waals surface area contributed by atoms with Crippen molar-refractivity contribution in [3.05, 3.63) is 0 Å². The van der Waals surface area contributed by atoms with Crippen molar-refractivity contribution in [3.8, 4) is 0 Å². The molecule has 1 aliphatic rings. The summed E-state index contributed by atoms with van der Waals surface area (Å²) in [6.07, 6.45) is 1.08. The summed E-state index contributed by atoms with van der Waals surface area (Å²) in [6.45, 7) is 6.69. The van der Waals surface area contributed by atoms with Crippen LogP contribution in [0.3, 0.4) is 0 Å². The van der Waals surface area contributed by atoms with Gasteiger partial charge in [-0.3, -0.25) is 0 Å². The highest BCUT2D eigenvalue weighted by atomic mass is 32.1. The first-order chi connectivity index (χ1) is 4.49. The van der Waals surface area contributed by atoms with Crippen LogP contribution in [0.15, 0.2) is 0 Å². The minimum Gasteiger partial charge on any atom is -0.327 e. The van der Waals surface area contributed by atoms with E-state index < -0.39 is 0 Å². The number of hydrogen-bond acceptors (Lipinski definition) is 2. The van der Waals surface area contributed by atoms with E-state index in [2.05, 4.69) is 33.4 Å². The number of nitrogens with two attached hydrogens (primary N) is 1. The highest BCUT2D eigenvalue weighted by Gasteiger charge is 2.49. The second kappa shape index (κ2) is 2.42. The summed E-state index contributed by atoms with van der Waals surface area (Å²) in [5, 5.41) is 0.516. The molecule has 2 N–H and O–H groups in total. The summed E-state index contributed by atoms with van der Waals surface area (Å²) in [4.78, 5) is 0. The van der Waals surface area contributed by atoms with Gasteiger partial charge in [-0.25, -0.2) is 0 Å². The van der Waals surface area contributed by atoms with Crippen molar-refractivity contribution >= 4 is 12.6 Å². The molecule has 0 amide bonds. The second-order valence-electron chi connectivity index (χ2n) is 3.88. The van der Waals surface area contributed by atoms with Crippen molar-refractivity contribution in [1.82, 2.24) is 0 Å². The average Bonchev–Trinajstić information content (AvgIpc) is 1.86. The molecule has 1 rings (SSSR count). The molecule has 60 valence electrons. The summed E-state index contributed by atoms with van der Waals surface area (Å²) < 4.78 is 0. The van der Waals surface area contributed by atoms with Crippen LogP contribution in [-0.2, 0) is 0 Å². The van der Waals surface area contributed by atoms with Gasteiger partial charge in [-0.2, -0.15) is 12.6 Å². The summed E-state index contributed by atoms with van der Waals surface area (Å²) >= 11 is 4.48. The molecule has 0 aromatic rings. The van der Waals surface area contributed by atoms with Gasteiger partial charge in [0.2, 0.25) is 0 Å². The molecule has 1 fully saturated rings. The van der Waals surface area contributed by atoms with E-state index in [4.69, 9.17) is 5.73 Å². The van der Waals surface area contributed by atoms with Gasteiger partial charge in [-0.05, 0) is 17.8 Å². The number of hydrogen-bond donors (Lipinski definition) is 2. The minimum atomic E-state index is 0.281. The maximum absolute atomic E-state index is 5.90. The van der Waals surface area contributed by atoms with Crippen LogP contribution < -0.4 is 5.73 Å². The minimum absolute atomic E-state index is 0.281. The third-order valence-corrected chi connectivity index (χ3v) is 4.01. The molecule has 10 heavy (non-hydrogen) atoms. The zero-order valence-electron chi connectivity index (χ0n) is 6.96. The lowest BCUT2D eigenvalue weighted by atomic mass is 9.59. The third-order valence-electron chi connectivity index (χ3n) is 3.24. The topological polar surface area (TPSA) is 26.0 Å². The van der Waals surface area contributed by atoms with Crippen molar-refractivity contribution < 1.29 is 0 Å². The SMILES string of the molecule is CC(C)C1(C)C(N)CC1S. The van der Waals surface area contributed by atoms with Crippen LogP contribution in [0.5, 0.6) is 0 Å². The van der Waals surface area contributed by atoms with Gasteiger partial charge in [0.1, 0.15) is 0 Å². The van der Waals surface area contributed by atoms with E-state index in [1.54, 1.807) is 0 Å². The van der Waals surface area contributed by atoms with Crippen molar-refractivity contribution in [3.63, 3.8) is 0 Å². The number of thiol groups is 1. The molecular weight excluding hydrogens is 142 g/mol. The molecule has 3 unspecified atom stereocenters. The van der Waals surface area contributed by atoms with Crippen LogP contribution in [0, 0.1) is 11.3 Å². The average molecular weight is 159 g/mol. The van der Waals surface area contributed by atoms with Crippen LogP contribution in [0.4, 0.5) is 0 Å². The van der Waals surface area contributed by atoms with Crippen molar-refractivity contribution in [2.24, 2.45) is 17.1 Å². The Hall–Kier alpha value is 0.310. The Kier molecular flexibility index (Phi) is 2.03. The predicted octanol–water partition coefficient (Wildman–Crippen LogP) is 1.68. The maximum atomic E-state index is 5.90. The highest BCUT2D eigenvalue weighted by Crippen LogP contribution is 2.48. The van der Waals surface area contributed by atoms with E-state index in [-0.39, 0.29) is 5.41 Å². The largest absolute Gasteiger partial charge is 0.327 e. The van der Waals surface area contributed by atoms with Crippen LogP contribution >= 0.6 is 12.6 Å². The molecule has 0 spiro atoms. The van der Waals surface area contributed by atoms with Crippen molar-refractivity contribution in [1.29, 1.82) is 0 Å². The molecule has 1 aliphatic carbocycles.